The van der Waals surface area contributed by atoms with Crippen molar-refractivity contribution in [2.75, 3.05) is 19.7 Å². The first-order valence-electron chi connectivity index (χ1n) is 9.77. The van der Waals surface area contributed by atoms with Gasteiger partial charge in [0.2, 0.25) is 5.91 Å². The van der Waals surface area contributed by atoms with Crippen LogP contribution in [0.1, 0.15) is 63.4 Å². The van der Waals surface area contributed by atoms with Gasteiger partial charge in [0.1, 0.15) is 11.6 Å². The molecule has 0 bridgehead atoms. The maximum Gasteiger partial charge on any atom is 0.228 e. The molecule has 1 saturated heterocycles. The zero-order chi connectivity index (χ0) is 17.4. The highest BCUT2D eigenvalue weighted by Crippen LogP contribution is 2.47. The van der Waals surface area contributed by atoms with Crippen molar-refractivity contribution < 1.29 is 13.9 Å². The molecule has 1 amide bonds. The quantitative estimate of drug-likeness (QED) is 0.786. The van der Waals surface area contributed by atoms with Crippen LogP contribution in [0.15, 0.2) is 18.2 Å². The number of rotatable bonds is 5. The lowest BCUT2D eigenvalue weighted by atomic mass is 9.96. The number of likely N-dealkylation sites (tertiary alicyclic amines) is 1. The molecule has 3 aliphatic rings. The minimum Gasteiger partial charge on any atom is -0.493 e. The van der Waals surface area contributed by atoms with Crippen molar-refractivity contribution in [1.82, 2.24) is 4.90 Å². The van der Waals surface area contributed by atoms with Gasteiger partial charge in [-0.2, -0.15) is 0 Å². The van der Waals surface area contributed by atoms with E-state index in [1.54, 1.807) is 12.1 Å². The van der Waals surface area contributed by atoms with E-state index < -0.39 is 0 Å². The number of hydrogen-bond acceptors (Lipinski definition) is 2. The lowest BCUT2D eigenvalue weighted by Crippen LogP contribution is -2.34. The first-order chi connectivity index (χ1) is 12.0. The van der Waals surface area contributed by atoms with Crippen LogP contribution in [0.4, 0.5) is 4.39 Å². The highest BCUT2D eigenvalue weighted by Gasteiger charge is 2.48. The molecule has 1 unspecified atom stereocenters. The van der Waals surface area contributed by atoms with E-state index in [0.29, 0.717) is 24.3 Å². The van der Waals surface area contributed by atoms with Gasteiger partial charge in [-0.15, -0.1) is 0 Å². The number of halogens is 1. The van der Waals surface area contributed by atoms with Gasteiger partial charge in [-0.25, -0.2) is 4.39 Å². The normalized spacial score (nSPS) is 25.4. The average Bonchev–Trinajstić information content (AvgIpc) is 3.06. The van der Waals surface area contributed by atoms with Gasteiger partial charge in [0, 0.05) is 30.0 Å². The van der Waals surface area contributed by atoms with E-state index in [1.165, 1.54) is 18.9 Å². The Hall–Kier alpha value is -1.58. The van der Waals surface area contributed by atoms with E-state index in [1.807, 2.05) is 4.90 Å². The Balaban J connectivity index is 1.36. The molecule has 2 saturated carbocycles. The third-order valence-corrected chi connectivity index (χ3v) is 6.33. The highest BCUT2D eigenvalue weighted by atomic mass is 19.1. The molecule has 4 rings (SSSR count). The zero-order valence-electron chi connectivity index (χ0n) is 15.1. The Morgan fingerprint density at radius 3 is 2.76 bits per heavy atom. The molecule has 1 aromatic carbocycles. The fraction of sp³-hybridized carbons (Fsp3) is 0.667. The molecule has 136 valence electrons. The highest BCUT2D eigenvalue weighted by molar-refractivity contribution is 5.85. The van der Waals surface area contributed by atoms with Gasteiger partial charge in [0.25, 0.3) is 0 Å². The average molecular weight is 345 g/mol. The van der Waals surface area contributed by atoms with E-state index in [2.05, 4.69) is 6.92 Å². The first kappa shape index (κ1) is 16.9. The van der Waals surface area contributed by atoms with Crippen LogP contribution in [0.2, 0.25) is 0 Å². The van der Waals surface area contributed by atoms with Crippen LogP contribution in [-0.4, -0.2) is 30.5 Å². The van der Waals surface area contributed by atoms with Crippen molar-refractivity contribution in [3.63, 3.8) is 0 Å². The SMILES string of the molecule is CC1(C(=O)N2CCC(COc3ccc(F)cc3C3CCCC3)C2)CC1. The number of nitrogens with zero attached hydrogens (tertiary/aromatic N) is 1. The lowest BCUT2D eigenvalue weighted by Gasteiger charge is -2.21. The second kappa shape index (κ2) is 6.62. The van der Waals surface area contributed by atoms with Crippen LogP contribution in [0, 0.1) is 17.2 Å². The van der Waals surface area contributed by atoms with Gasteiger partial charge in [-0.05, 0) is 56.2 Å². The molecular formula is C21H28FNO2. The summed E-state index contributed by atoms with van der Waals surface area (Å²) in [7, 11) is 0. The van der Waals surface area contributed by atoms with E-state index >= 15 is 0 Å². The molecule has 1 atom stereocenters. The van der Waals surface area contributed by atoms with E-state index in [0.717, 1.165) is 56.5 Å². The first-order valence-corrected chi connectivity index (χ1v) is 9.77. The maximum atomic E-state index is 13.7. The molecule has 1 aromatic rings. The Bertz CT molecular complexity index is 649. The molecule has 0 aromatic heterocycles. The minimum absolute atomic E-state index is 0.0810. The fourth-order valence-corrected chi connectivity index (χ4v) is 4.35. The predicted molar refractivity (Wildman–Crippen MR) is 95.1 cm³/mol. The van der Waals surface area contributed by atoms with Crippen molar-refractivity contribution in [1.29, 1.82) is 0 Å². The summed E-state index contributed by atoms with van der Waals surface area (Å²) in [5.41, 5.74) is 0.955. The number of amides is 1. The monoisotopic (exact) mass is 345 g/mol. The van der Waals surface area contributed by atoms with Crippen molar-refractivity contribution in [2.45, 2.75) is 57.8 Å². The summed E-state index contributed by atoms with van der Waals surface area (Å²) in [5, 5.41) is 0. The predicted octanol–water partition coefficient (Wildman–Crippen LogP) is 4.51. The molecule has 0 spiro atoms. The van der Waals surface area contributed by atoms with Crippen LogP contribution in [0.25, 0.3) is 0 Å². The summed E-state index contributed by atoms with van der Waals surface area (Å²) >= 11 is 0. The van der Waals surface area contributed by atoms with Gasteiger partial charge in [-0.1, -0.05) is 19.8 Å². The number of benzene rings is 1. The Morgan fingerprint density at radius 2 is 2.04 bits per heavy atom. The van der Waals surface area contributed by atoms with Gasteiger partial charge < -0.3 is 9.64 Å². The summed E-state index contributed by atoms with van der Waals surface area (Å²) < 4.78 is 19.8. The summed E-state index contributed by atoms with van der Waals surface area (Å²) in [6, 6.07) is 4.93. The van der Waals surface area contributed by atoms with E-state index in [9.17, 15) is 9.18 Å². The Labute approximate surface area is 149 Å². The van der Waals surface area contributed by atoms with Gasteiger partial charge in [-0.3, -0.25) is 4.79 Å². The second-order valence-corrected chi connectivity index (χ2v) is 8.44. The summed E-state index contributed by atoms with van der Waals surface area (Å²) in [5.74, 6) is 1.80. The smallest absolute Gasteiger partial charge is 0.228 e. The summed E-state index contributed by atoms with van der Waals surface area (Å²) in [6.45, 7) is 4.34. The van der Waals surface area contributed by atoms with Gasteiger partial charge >= 0.3 is 0 Å². The second-order valence-electron chi connectivity index (χ2n) is 8.44. The molecular weight excluding hydrogens is 317 g/mol. The largest absolute Gasteiger partial charge is 0.493 e. The van der Waals surface area contributed by atoms with Crippen LogP contribution in [0.3, 0.4) is 0 Å². The summed E-state index contributed by atoms with van der Waals surface area (Å²) in [6.07, 6.45) is 7.77. The third-order valence-electron chi connectivity index (χ3n) is 6.33. The van der Waals surface area contributed by atoms with Crippen LogP contribution < -0.4 is 4.74 Å². The van der Waals surface area contributed by atoms with Crippen LogP contribution in [-0.2, 0) is 4.79 Å². The number of hydrogen-bond donors (Lipinski definition) is 0. The number of carbonyl (C=O) groups is 1. The molecule has 3 fully saturated rings. The lowest BCUT2D eigenvalue weighted by molar-refractivity contribution is -0.135. The minimum atomic E-state index is -0.176. The van der Waals surface area contributed by atoms with Gasteiger partial charge in [0.15, 0.2) is 0 Å². The zero-order valence-corrected chi connectivity index (χ0v) is 15.1. The standard InChI is InChI=1S/C21H28FNO2/c1-21(9-10-21)20(24)23-11-8-15(13-23)14-25-19-7-6-17(22)12-18(19)16-4-2-3-5-16/h6-7,12,15-16H,2-5,8-11,13-14H2,1H3. The van der Waals surface area contributed by atoms with Crippen LogP contribution >= 0.6 is 0 Å². The molecule has 0 N–H and O–H groups in total. The Morgan fingerprint density at radius 1 is 1.28 bits per heavy atom. The Kier molecular flexibility index (Phi) is 4.47. The molecule has 2 aliphatic carbocycles. The van der Waals surface area contributed by atoms with E-state index in [4.69, 9.17) is 4.74 Å². The van der Waals surface area contributed by atoms with Crippen LogP contribution in [0.5, 0.6) is 5.75 Å². The van der Waals surface area contributed by atoms with E-state index in [-0.39, 0.29) is 11.2 Å². The maximum absolute atomic E-state index is 13.7. The summed E-state index contributed by atoms with van der Waals surface area (Å²) in [4.78, 5) is 14.5. The fourth-order valence-electron chi connectivity index (χ4n) is 4.35. The van der Waals surface area contributed by atoms with Crippen molar-refractivity contribution in [3.8, 4) is 5.75 Å². The molecule has 3 nitrogen and oxygen atoms in total. The molecule has 4 heteroatoms. The molecule has 1 aliphatic heterocycles. The number of carbonyl (C=O) groups excluding carboxylic acids is 1. The van der Waals surface area contributed by atoms with Crippen molar-refractivity contribution >= 4 is 5.91 Å². The third kappa shape index (κ3) is 3.54. The molecule has 0 radical (unpaired) electrons. The van der Waals surface area contributed by atoms with Crippen molar-refractivity contribution in [3.05, 3.63) is 29.6 Å². The topological polar surface area (TPSA) is 29.5 Å². The number of ether oxygens (including phenoxy) is 1. The molecule has 25 heavy (non-hydrogen) atoms. The van der Waals surface area contributed by atoms with Gasteiger partial charge in [0.05, 0.1) is 6.61 Å². The molecule has 1 heterocycles. The van der Waals surface area contributed by atoms with Crippen molar-refractivity contribution in [2.24, 2.45) is 11.3 Å².